The van der Waals surface area contributed by atoms with Crippen molar-refractivity contribution in [3.8, 4) is 0 Å². The molecule has 0 saturated heterocycles. The first-order valence-electron chi connectivity index (χ1n) is 6.38. The average molecular weight is 284 g/mol. The highest BCUT2D eigenvalue weighted by Gasteiger charge is 2.24. The summed E-state index contributed by atoms with van der Waals surface area (Å²) in [6.07, 6.45) is 1.99. The Bertz CT molecular complexity index is 593. The molecule has 0 unspecified atom stereocenters. The Labute approximate surface area is 116 Å². The number of halogens is 1. The summed E-state index contributed by atoms with van der Waals surface area (Å²) in [6, 6.07) is 3.55. The van der Waals surface area contributed by atoms with Crippen molar-refractivity contribution in [3.05, 3.63) is 22.6 Å². The lowest BCUT2D eigenvalue weighted by Crippen LogP contribution is -2.31. The minimum absolute atomic E-state index is 0.0551. The predicted octanol–water partition coefficient (Wildman–Crippen LogP) is 1.87. The lowest BCUT2D eigenvalue weighted by atomic mass is 9.84. The summed E-state index contributed by atoms with van der Waals surface area (Å²) in [5.74, 6) is 1.24. The highest BCUT2D eigenvalue weighted by atomic mass is 35.5. The fourth-order valence-electron chi connectivity index (χ4n) is 1.91. The Morgan fingerprint density at radius 2 is 2.16 bits per heavy atom. The fraction of sp³-hybridized carbons (Fsp3) is 0.583. The summed E-state index contributed by atoms with van der Waals surface area (Å²) >= 11 is 6.06. The Kier molecular flexibility index (Phi) is 4.09. The molecule has 0 bridgehead atoms. The highest BCUT2D eigenvalue weighted by molar-refractivity contribution is 6.18. The third kappa shape index (κ3) is 2.73. The molecule has 2 N–H and O–H groups in total. The van der Waals surface area contributed by atoms with Gasteiger partial charge < -0.3 is 5.32 Å². The van der Waals surface area contributed by atoms with E-state index in [0.29, 0.717) is 17.3 Å². The predicted molar refractivity (Wildman–Crippen MR) is 75.8 cm³/mol. The van der Waals surface area contributed by atoms with E-state index < -0.39 is 0 Å². The van der Waals surface area contributed by atoms with Crippen LogP contribution >= 0.6 is 11.6 Å². The Balaban J connectivity index is 2.17. The van der Waals surface area contributed by atoms with Gasteiger partial charge >= 0.3 is 5.69 Å². The van der Waals surface area contributed by atoms with Gasteiger partial charge in [0.2, 0.25) is 0 Å². The van der Waals surface area contributed by atoms with E-state index in [9.17, 15) is 4.79 Å². The van der Waals surface area contributed by atoms with E-state index >= 15 is 0 Å². The van der Waals surface area contributed by atoms with Crippen LogP contribution in [0.25, 0.3) is 5.65 Å². The molecule has 19 heavy (non-hydrogen) atoms. The minimum Gasteiger partial charge on any atom is -0.368 e. The summed E-state index contributed by atoms with van der Waals surface area (Å²) in [7, 11) is 0. The molecule has 0 aliphatic rings. The van der Waals surface area contributed by atoms with Gasteiger partial charge in [-0.1, -0.05) is 13.8 Å². The molecule has 2 aromatic heterocycles. The number of aromatic nitrogens is 4. The first-order chi connectivity index (χ1) is 9.14. The van der Waals surface area contributed by atoms with Crippen LogP contribution in [0.5, 0.6) is 0 Å². The summed E-state index contributed by atoms with van der Waals surface area (Å²) in [4.78, 5) is 11.4. The van der Waals surface area contributed by atoms with Crippen LogP contribution in [-0.4, -0.2) is 32.2 Å². The number of fused-ring (bicyclic) bond motifs is 1. The third-order valence-electron chi connectivity index (χ3n) is 3.70. The van der Waals surface area contributed by atoms with Gasteiger partial charge in [-0.25, -0.2) is 9.89 Å². The Hall–Kier alpha value is -1.56. The number of H-pyrrole nitrogens is 1. The highest BCUT2D eigenvalue weighted by Crippen LogP contribution is 2.28. The molecule has 0 amide bonds. The summed E-state index contributed by atoms with van der Waals surface area (Å²) in [5.41, 5.74) is 0.220. The number of rotatable bonds is 6. The maximum Gasteiger partial charge on any atom is 0.364 e. The number of hydrogen-bond acceptors (Lipinski definition) is 4. The van der Waals surface area contributed by atoms with Crippen LogP contribution in [0.2, 0.25) is 0 Å². The van der Waals surface area contributed by atoms with Gasteiger partial charge in [-0.15, -0.1) is 16.7 Å². The molecule has 2 rings (SSSR count). The number of alkyl halides is 1. The Morgan fingerprint density at radius 3 is 2.79 bits per heavy atom. The zero-order chi connectivity index (χ0) is 13.9. The summed E-state index contributed by atoms with van der Waals surface area (Å²) in [5, 5.41) is 13.6. The lowest BCUT2D eigenvalue weighted by Gasteiger charge is -2.29. The third-order valence-corrected chi connectivity index (χ3v) is 4.27. The molecule has 0 spiro atoms. The van der Waals surface area contributed by atoms with Crippen molar-refractivity contribution >= 4 is 23.1 Å². The summed E-state index contributed by atoms with van der Waals surface area (Å²) < 4.78 is 1.24. The second kappa shape index (κ2) is 5.61. The van der Waals surface area contributed by atoms with Gasteiger partial charge in [0.05, 0.1) is 0 Å². The zero-order valence-corrected chi connectivity index (χ0v) is 11.9. The molecular weight excluding hydrogens is 266 g/mol. The monoisotopic (exact) mass is 283 g/mol. The van der Waals surface area contributed by atoms with Crippen LogP contribution in [0.4, 0.5) is 5.82 Å². The van der Waals surface area contributed by atoms with Gasteiger partial charge in [0.15, 0.2) is 5.65 Å². The first kappa shape index (κ1) is 13.9. The molecule has 0 fully saturated rings. The second-order valence-electron chi connectivity index (χ2n) is 4.71. The molecule has 6 nitrogen and oxygen atoms in total. The normalized spacial score (nSPS) is 11.9. The van der Waals surface area contributed by atoms with Gasteiger partial charge in [0, 0.05) is 17.8 Å². The van der Waals surface area contributed by atoms with Crippen molar-refractivity contribution in [3.63, 3.8) is 0 Å². The zero-order valence-electron chi connectivity index (χ0n) is 11.1. The van der Waals surface area contributed by atoms with Crippen LogP contribution in [0.3, 0.4) is 0 Å². The quantitative estimate of drug-likeness (QED) is 0.794. The minimum atomic E-state index is -0.340. The fourth-order valence-corrected chi connectivity index (χ4v) is 2.38. The van der Waals surface area contributed by atoms with Gasteiger partial charge in [-0.2, -0.15) is 9.61 Å². The maximum absolute atomic E-state index is 11.4. The lowest BCUT2D eigenvalue weighted by molar-refractivity contribution is 0.326. The van der Waals surface area contributed by atoms with Crippen LogP contribution < -0.4 is 11.0 Å². The van der Waals surface area contributed by atoms with E-state index in [1.165, 1.54) is 4.52 Å². The van der Waals surface area contributed by atoms with Crippen molar-refractivity contribution in [1.29, 1.82) is 0 Å². The van der Waals surface area contributed by atoms with Crippen LogP contribution in [0.1, 0.15) is 26.7 Å². The van der Waals surface area contributed by atoms with Crippen LogP contribution in [-0.2, 0) is 0 Å². The molecule has 0 radical (unpaired) electrons. The largest absolute Gasteiger partial charge is 0.368 e. The van der Waals surface area contributed by atoms with Gasteiger partial charge in [0.25, 0.3) is 0 Å². The van der Waals surface area contributed by atoms with E-state index in [0.717, 1.165) is 19.4 Å². The van der Waals surface area contributed by atoms with Gasteiger partial charge in [-0.3, -0.25) is 0 Å². The van der Waals surface area contributed by atoms with Crippen molar-refractivity contribution in [2.24, 2.45) is 5.41 Å². The van der Waals surface area contributed by atoms with Crippen LogP contribution in [0.15, 0.2) is 16.9 Å². The van der Waals surface area contributed by atoms with Crippen molar-refractivity contribution in [1.82, 2.24) is 19.8 Å². The average Bonchev–Trinajstić information content (AvgIpc) is 2.82. The molecule has 2 aromatic rings. The number of anilines is 1. The van der Waals surface area contributed by atoms with E-state index in [1.807, 2.05) is 0 Å². The van der Waals surface area contributed by atoms with E-state index in [-0.39, 0.29) is 11.1 Å². The number of nitrogens with one attached hydrogen (secondary N) is 2. The topological polar surface area (TPSA) is 75.1 Å². The first-order valence-corrected chi connectivity index (χ1v) is 6.92. The molecular formula is C12H18ClN5O. The summed E-state index contributed by atoms with van der Waals surface area (Å²) in [6.45, 7) is 4.99. The molecule has 0 aromatic carbocycles. The second-order valence-corrected chi connectivity index (χ2v) is 4.98. The number of hydrogen-bond donors (Lipinski definition) is 2. The molecule has 0 saturated carbocycles. The van der Waals surface area contributed by atoms with E-state index in [1.54, 1.807) is 12.1 Å². The molecule has 0 aliphatic heterocycles. The number of nitrogens with zero attached hydrogens (tertiary/aromatic N) is 3. The Morgan fingerprint density at radius 1 is 1.42 bits per heavy atom. The van der Waals surface area contributed by atoms with Crippen LogP contribution in [0, 0.1) is 5.41 Å². The molecule has 0 aliphatic carbocycles. The van der Waals surface area contributed by atoms with Crippen molar-refractivity contribution < 1.29 is 0 Å². The SMILES string of the molecule is CCC(CC)(CCl)CNc1ccc2n[nH]c(=O)n2n1. The van der Waals surface area contributed by atoms with Gasteiger partial charge in [-0.05, 0) is 25.0 Å². The molecule has 0 atom stereocenters. The smallest absolute Gasteiger partial charge is 0.364 e. The van der Waals surface area contributed by atoms with Crippen molar-refractivity contribution in [2.45, 2.75) is 26.7 Å². The standard InChI is InChI=1S/C12H18ClN5O/c1-3-12(4-2,7-13)8-14-9-5-6-10-15-16-11(19)18(10)17-9/h5-6H,3-4,7-8H2,1-2H3,(H,14,17)(H,16,19). The molecule has 104 valence electrons. The number of aromatic amines is 1. The van der Waals surface area contributed by atoms with E-state index in [2.05, 4.69) is 34.5 Å². The van der Waals surface area contributed by atoms with Crippen molar-refractivity contribution in [2.75, 3.05) is 17.7 Å². The maximum atomic E-state index is 11.4. The van der Waals surface area contributed by atoms with Gasteiger partial charge in [0.1, 0.15) is 5.82 Å². The van der Waals surface area contributed by atoms with E-state index in [4.69, 9.17) is 11.6 Å². The molecule has 2 heterocycles. The molecule has 7 heteroatoms.